The minimum Gasteiger partial charge on any atom is -0.493 e. The molecular weight excluding hydrogens is 656 g/mol. The number of esters is 1. The predicted octanol–water partition coefficient (Wildman–Crippen LogP) is 2.08. The summed E-state index contributed by atoms with van der Waals surface area (Å²) in [6, 6.07) is 6.87. The smallest absolute Gasteiger partial charge is 0.493 e. The lowest BCUT2D eigenvalue weighted by Gasteiger charge is -2.47. The van der Waals surface area contributed by atoms with Gasteiger partial charge in [-0.15, -0.1) is 0 Å². The number of methoxy groups -OCH3 is 2. The van der Waals surface area contributed by atoms with Crippen LogP contribution in [-0.2, 0) is 33.2 Å². The molecule has 0 aromatic heterocycles. The Hall–Kier alpha value is -3.51. The zero-order valence-corrected chi connectivity index (χ0v) is 27.2. The summed E-state index contributed by atoms with van der Waals surface area (Å²) in [6.45, 7) is 1.86. The molecule has 10 atom stereocenters. The van der Waals surface area contributed by atoms with E-state index in [1.165, 1.54) is 14.2 Å². The SMILES string of the molecule is COc1cc([C@@H]2c3cc4c(cc3[C@@H](O[C@@H]3O[C@@H]5CO[C@@H](C)O[C@H]5C(O)C3O)[C@H]3COC(=O)[C@H]23)OCO4)cc(OC)c1OC(=O)OCCS. The average Bonchev–Trinajstić information content (AvgIpc) is 3.71. The summed E-state index contributed by atoms with van der Waals surface area (Å²) in [4.78, 5) is 25.9. The lowest BCUT2D eigenvalue weighted by molar-refractivity contribution is -0.364. The van der Waals surface area contributed by atoms with E-state index < -0.39 is 73.0 Å². The minimum atomic E-state index is -1.47. The Morgan fingerprint density at radius 2 is 1.67 bits per heavy atom. The Morgan fingerprint density at radius 3 is 2.35 bits per heavy atom. The lowest BCUT2D eigenvalue weighted by Crippen LogP contribution is -2.63. The summed E-state index contributed by atoms with van der Waals surface area (Å²) in [7, 11) is 2.82. The molecule has 3 fully saturated rings. The summed E-state index contributed by atoms with van der Waals surface area (Å²) in [5.74, 6) is -0.919. The van der Waals surface area contributed by atoms with Crippen LogP contribution in [0.15, 0.2) is 24.3 Å². The highest BCUT2D eigenvalue weighted by Crippen LogP contribution is 2.57. The van der Waals surface area contributed by atoms with Crippen LogP contribution in [0.25, 0.3) is 0 Å². The van der Waals surface area contributed by atoms with Gasteiger partial charge in [0.2, 0.25) is 12.5 Å². The first-order chi connectivity index (χ1) is 23.2. The van der Waals surface area contributed by atoms with E-state index in [0.717, 1.165) is 0 Å². The molecular formula is C32H36O15S. The third kappa shape index (κ3) is 5.78. The van der Waals surface area contributed by atoms with Crippen LogP contribution in [0.2, 0.25) is 0 Å². The van der Waals surface area contributed by atoms with E-state index in [4.69, 9.17) is 52.1 Å². The Kier molecular flexibility index (Phi) is 9.23. The van der Waals surface area contributed by atoms with Crippen LogP contribution < -0.4 is 23.7 Å². The number of ether oxygens (including phenoxy) is 11. The largest absolute Gasteiger partial charge is 0.514 e. The van der Waals surface area contributed by atoms with Crippen molar-refractivity contribution in [3.05, 3.63) is 41.0 Å². The van der Waals surface area contributed by atoms with Crippen molar-refractivity contribution in [2.75, 3.05) is 46.6 Å². The fourth-order valence-corrected chi connectivity index (χ4v) is 7.16. The molecule has 1 aliphatic carbocycles. The van der Waals surface area contributed by atoms with Gasteiger partial charge in [0.05, 0.1) is 39.5 Å². The van der Waals surface area contributed by atoms with E-state index in [1.807, 2.05) is 0 Å². The molecule has 0 amide bonds. The zero-order valence-electron chi connectivity index (χ0n) is 26.3. The molecule has 4 heterocycles. The first kappa shape index (κ1) is 33.0. The van der Waals surface area contributed by atoms with Crippen molar-refractivity contribution < 1.29 is 71.9 Å². The number of cyclic esters (lactones) is 1. The fraction of sp³-hybridized carbons (Fsp3) is 0.562. The Labute approximate surface area is 280 Å². The van der Waals surface area contributed by atoms with Gasteiger partial charge in [-0.2, -0.15) is 12.6 Å². The van der Waals surface area contributed by atoms with Crippen molar-refractivity contribution in [2.45, 2.75) is 55.9 Å². The molecule has 260 valence electrons. The van der Waals surface area contributed by atoms with E-state index in [9.17, 15) is 19.8 Å². The van der Waals surface area contributed by atoms with Crippen molar-refractivity contribution in [3.63, 3.8) is 0 Å². The number of hydrogen-bond donors (Lipinski definition) is 3. The fourth-order valence-electron chi connectivity index (χ4n) is 7.06. The van der Waals surface area contributed by atoms with E-state index in [2.05, 4.69) is 12.6 Å². The number of fused-ring (bicyclic) bond motifs is 4. The molecule has 0 spiro atoms. The molecule has 2 unspecified atom stereocenters. The van der Waals surface area contributed by atoms with Crippen molar-refractivity contribution in [3.8, 4) is 28.7 Å². The summed E-state index contributed by atoms with van der Waals surface area (Å²) in [5, 5.41) is 22.1. The van der Waals surface area contributed by atoms with Crippen molar-refractivity contribution in [2.24, 2.45) is 11.8 Å². The Morgan fingerprint density at radius 1 is 0.958 bits per heavy atom. The number of aliphatic hydroxyl groups excluding tert-OH is 2. The van der Waals surface area contributed by atoms with Gasteiger partial charge >= 0.3 is 12.1 Å². The third-order valence-electron chi connectivity index (χ3n) is 9.22. The van der Waals surface area contributed by atoms with Crippen LogP contribution >= 0.6 is 12.6 Å². The summed E-state index contributed by atoms with van der Waals surface area (Å²) >= 11 is 4.04. The molecule has 4 aliphatic heterocycles. The topological polar surface area (TPSA) is 176 Å². The van der Waals surface area contributed by atoms with Gasteiger partial charge < -0.3 is 62.3 Å². The number of carbonyl (C=O) groups excluding carboxylic acids is 2. The molecule has 2 N–H and O–H groups in total. The van der Waals surface area contributed by atoms with Gasteiger partial charge in [-0.1, -0.05) is 0 Å². The van der Waals surface area contributed by atoms with E-state index in [0.29, 0.717) is 33.9 Å². The Bertz CT molecular complexity index is 1520. The highest BCUT2D eigenvalue weighted by atomic mass is 32.1. The highest BCUT2D eigenvalue weighted by molar-refractivity contribution is 7.80. The molecule has 0 bridgehead atoms. The van der Waals surface area contributed by atoms with E-state index >= 15 is 0 Å². The second-order valence-electron chi connectivity index (χ2n) is 11.9. The minimum absolute atomic E-state index is 0.00154. The number of thiol groups is 1. The molecule has 0 radical (unpaired) electrons. The molecule has 2 aromatic rings. The average molecular weight is 693 g/mol. The summed E-state index contributed by atoms with van der Waals surface area (Å²) in [6.07, 6.45) is -7.98. The molecule has 5 aliphatic rings. The second-order valence-corrected chi connectivity index (χ2v) is 12.3. The molecule has 48 heavy (non-hydrogen) atoms. The second kappa shape index (κ2) is 13.4. The molecule has 3 saturated heterocycles. The lowest BCUT2D eigenvalue weighted by atomic mass is 9.66. The standard InChI is InChI=1S/C32H36O15S/c1-13-40-11-22-29(44-13)25(33)26(34)31(45-22)46-27-16-9-19-18(42-12-43-19)8-15(16)23(24-17(27)10-41-30(24)35)14-6-20(37-2)28(21(7-14)38-3)47-32(36)39-4-5-48/h6-9,13,17,22-27,29,31,33-34,48H,4-5,10-12H2,1-3H3/t13-,17+,22-,23-,24+,25?,26?,27-,29-,31+/m1/s1. The van der Waals surface area contributed by atoms with Crippen molar-refractivity contribution in [1.29, 1.82) is 0 Å². The molecule has 7 rings (SSSR count). The summed E-state index contributed by atoms with van der Waals surface area (Å²) in [5.41, 5.74) is 1.87. The molecule has 2 aromatic carbocycles. The van der Waals surface area contributed by atoms with Crippen LogP contribution in [0, 0.1) is 11.8 Å². The van der Waals surface area contributed by atoms with Gasteiger partial charge in [-0.05, 0) is 47.9 Å². The van der Waals surface area contributed by atoms with Crippen LogP contribution in [0.5, 0.6) is 28.7 Å². The van der Waals surface area contributed by atoms with Gasteiger partial charge in [0, 0.05) is 17.6 Å². The first-order valence-corrected chi connectivity index (χ1v) is 16.1. The van der Waals surface area contributed by atoms with Gasteiger partial charge in [-0.25, -0.2) is 4.79 Å². The Balaban J connectivity index is 1.29. The quantitative estimate of drug-likeness (QED) is 0.208. The van der Waals surface area contributed by atoms with E-state index in [-0.39, 0.29) is 43.9 Å². The highest BCUT2D eigenvalue weighted by Gasteiger charge is 2.56. The van der Waals surface area contributed by atoms with Crippen LogP contribution in [0.4, 0.5) is 4.79 Å². The third-order valence-corrected chi connectivity index (χ3v) is 9.41. The monoisotopic (exact) mass is 692 g/mol. The number of aliphatic hydroxyl groups is 2. The van der Waals surface area contributed by atoms with E-state index in [1.54, 1.807) is 31.2 Å². The maximum Gasteiger partial charge on any atom is 0.514 e. The van der Waals surface area contributed by atoms with Crippen LogP contribution in [-0.4, -0.2) is 106 Å². The zero-order chi connectivity index (χ0) is 33.7. The normalized spacial score (nSPS) is 33.2. The predicted molar refractivity (Wildman–Crippen MR) is 163 cm³/mol. The van der Waals surface area contributed by atoms with Crippen LogP contribution in [0.1, 0.15) is 35.6 Å². The van der Waals surface area contributed by atoms with Crippen molar-refractivity contribution >= 4 is 24.8 Å². The molecule has 0 saturated carbocycles. The number of carbonyl (C=O) groups is 2. The molecule has 16 heteroatoms. The van der Waals surface area contributed by atoms with Gasteiger partial charge in [0.15, 0.2) is 35.6 Å². The summed E-state index contributed by atoms with van der Waals surface area (Å²) < 4.78 is 62.6. The number of benzene rings is 2. The maximum atomic E-state index is 13.6. The molecule has 15 nitrogen and oxygen atoms in total. The van der Waals surface area contributed by atoms with Gasteiger partial charge in [0.25, 0.3) is 0 Å². The number of rotatable bonds is 8. The first-order valence-electron chi connectivity index (χ1n) is 15.5. The van der Waals surface area contributed by atoms with Crippen molar-refractivity contribution in [1.82, 2.24) is 0 Å². The van der Waals surface area contributed by atoms with Crippen LogP contribution in [0.3, 0.4) is 0 Å². The maximum absolute atomic E-state index is 13.6. The van der Waals surface area contributed by atoms with Gasteiger partial charge in [0.1, 0.15) is 31.0 Å². The number of hydrogen-bond acceptors (Lipinski definition) is 16. The van der Waals surface area contributed by atoms with Gasteiger partial charge in [-0.3, -0.25) is 4.79 Å².